The van der Waals surface area contributed by atoms with Gasteiger partial charge in [-0.05, 0) is 6.92 Å². The predicted molar refractivity (Wildman–Crippen MR) is 45.2 cm³/mol. The van der Waals surface area contributed by atoms with Gasteiger partial charge in [-0.15, -0.1) is 0 Å². The van der Waals surface area contributed by atoms with Gasteiger partial charge in [0, 0.05) is 13.5 Å². The molecule has 1 unspecified atom stereocenters. The van der Waals surface area contributed by atoms with Crippen molar-refractivity contribution >= 4 is 0 Å². The monoisotopic (exact) mass is 183 g/mol. The van der Waals surface area contributed by atoms with Gasteiger partial charge < -0.3 is 9.47 Å². The van der Waals surface area contributed by atoms with Crippen molar-refractivity contribution < 1.29 is 9.47 Å². The number of aromatic nitrogens is 3. The summed E-state index contributed by atoms with van der Waals surface area (Å²) in [5.41, 5.74) is -0.426. The first-order valence-corrected chi connectivity index (χ1v) is 4.29. The molecule has 13 heavy (non-hydrogen) atoms. The summed E-state index contributed by atoms with van der Waals surface area (Å²) in [5, 5.41) is 6.91. The van der Waals surface area contributed by atoms with E-state index in [1.807, 2.05) is 6.92 Å². The molecule has 1 aromatic rings. The number of ether oxygens (including phenoxy) is 2. The maximum atomic E-state index is 5.43. The van der Waals surface area contributed by atoms with Gasteiger partial charge >= 0.3 is 0 Å². The Morgan fingerprint density at radius 1 is 1.62 bits per heavy atom. The molecule has 1 aliphatic heterocycles. The molecule has 0 aliphatic carbocycles. The van der Waals surface area contributed by atoms with Crippen molar-refractivity contribution in [1.29, 1.82) is 0 Å². The molecule has 0 amide bonds. The van der Waals surface area contributed by atoms with E-state index < -0.39 is 5.60 Å². The normalized spacial score (nSPS) is 28.2. The van der Waals surface area contributed by atoms with Crippen molar-refractivity contribution in [3.05, 3.63) is 11.6 Å². The number of hydrogen-bond donors (Lipinski definition) is 1. The number of methoxy groups -OCH3 is 1. The van der Waals surface area contributed by atoms with Gasteiger partial charge in [-0.3, -0.25) is 5.10 Å². The molecule has 2 heterocycles. The van der Waals surface area contributed by atoms with Crippen molar-refractivity contribution in [3.8, 4) is 0 Å². The Hall–Kier alpha value is -0.940. The summed E-state index contributed by atoms with van der Waals surface area (Å²) in [6.45, 7) is 3.12. The molecule has 1 saturated heterocycles. The van der Waals surface area contributed by atoms with Gasteiger partial charge in [0.05, 0.1) is 13.2 Å². The average Bonchev–Trinajstić information content (AvgIpc) is 2.73. The summed E-state index contributed by atoms with van der Waals surface area (Å²) in [6, 6.07) is 0. The lowest BCUT2D eigenvalue weighted by atomic mass is 10.0. The summed E-state index contributed by atoms with van der Waals surface area (Å²) in [6.07, 6.45) is 0.820. The first kappa shape index (κ1) is 8.65. The lowest BCUT2D eigenvalue weighted by Gasteiger charge is -2.21. The summed E-state index contributed by atoms with van der Waals surface area (Å²) in [7, 11) is 1.67. The second-order valence-corrected chi connectivity index (χ2v) is 3.25. The minimum Gasteiger partial charge on any atom is -0.378 e. The van der Waals surface area contributed by atoms with E-state index in [1.165, 1.54) is 0 Å². The van der Waals surface area contributed by atoms with E-state index in [2.05, 4.69) is 15.2 Å². The van der Waals surface area contributed by atoms with E-state index in [-0.39, 0.29) is 0 Å². The molecule has 5 nitrogen and oxygen atoms in total. The molecule has 1 aromatic heterocycles. The number of H-pyrrole nitrogens is 1. The summed E-state index contributed by atoms with van der Waals surface area (Å²) >= 11 is 0. The third-order valence-corrected chi connectivity index (χ3v) is 2.38. The SMILES string of the molecule is COC1(c2n[nH]c(C)n2)CCOC1. The Kier molecular flexibility index (Phi) is 2.05. The Morgan fingerprint density at radius 2 is 2.46 bits per heavy atom. The predicted octanol–water partition coefficient (Wildman–Crippen LogP) is 0.375. The van der Waals surface area contributed by atoms with Crippen LogP contribution in [0.2, 0.25) is 0 Å². The van der Waals surface area contributed by atoms with Crippen LogP contribution in [0.15, 0.2) is 0 Å². The smallest absolute Gasteiger partial charge is 0.184 e. The molecule has 2 rings (SSSR count). The second kappa shape index (κ2) is 3.08. The lowest BCUT2D eigenvalue weighted by molar-refractivity contribution is -0.0279. The fourth-order valence-corrected chi connectivity index (χ4v) is 1.52. The Bertz CT molecular complexity index is 291. The second-order valence-electron chi connectivity index (χ2n) is 3.25. The Labute approximate surface area is 76.5 Å². The van der Waals surface area contributed by atoms with Gasteiger partial charge in [0.2, 0.25) is 0 Å². The molecular formula is C8H13N3O2. The molecule has 1 N–H and O–H groups in total. The molecule has 0 bridgehead atoms. The molecule has 5 heteroatoms. The topological polar surface area (TPSA) is 60.0 Å². The van der Waals surface area contributed by atoms with Gasteiger partial charge in [-0.2, -0.15) is 5.10 Å². The average molecular weight is 183 g/mol. The third kappa shape index (κ3) is 1.34. The third-order valence-electron chi connectivity index (χ3n) is 2.38. The highest BCUT2D eigenvalue weighted by atomic mass is 16.5. The minimum absolute atomic E-state index is 0.426. The van der Waals surface area contributed by atoms with Crippen LogP contribution in [-0.2, 0) is 15.1 Å². The Balaban J connectivity index is 2.30. The van der Waals surface area contributed by atoms with Gasteiger partial charge in [0.1, 0.15) is 5.82 Å². The van der Waals surface area contributed by atoms with Crippen LogP contribution in [0, 0.1) is 6.92 Å². The molecule has 0 saturated carbocycles. The maximum absolute atomic E-state index is 5.43. The number of aromatic amines is 1. The number of nitrogens with zero attached hydrogens (tertiary/aromatic N) is 2. The van der Waals surface area contributed by atoms with Crippen molar-refractivity contribution in [2.24, 2.45) is 0 Å². The fourth-order valence-electron chi connectivity index (χ4n) is 1.52. The van der Waals surface area contributed by atoms with Crippen molar-refractivity contribution in [3.63, 3.8) is 0 Å². The highest BCUT2D eigenvalue weighted by molar-refractivity contribution is 5.04. The summed E-state index contributed by atoms with van der Waals surface area (Å²) < 4.78 is 10.7. The van der Waals surface area contributed by atoms with Crippen LogP contribution in [0.3, 0.4) is 0 Å². The quantitative estimate of drug-likeness (QED) is 0.719. The molecule has 0 radical (unpaired) electrons. The number of nitrogens with one attached hydrogen (secondary N) is 1. The molecule has 1 aliphatic rings. The molecule has 72 valence electrons. The molecule has 1 fully saturated rings. The molecular weight excluding hydrogens is 170 g/mol. The zero-order valence-corrected chi connectivity index (χ0v) is 7.83. The lowest BCUT2D eigenvalue weighted by Crippen LogP contribution is -2.30. The number of hydrogen-bond acceptors (Lipinski definition) is 4. The zero-order valence-electron chi connectivity index (χ0n) is 7.83. The van der Waals surface area contributed by atoms with Crippen molar-refractivity contribution in [1.82, 2.24) is 15.2 Å². The largest absolute Gasteiger partial charge is 0.378 e. The molecule has 0 spiro atoms. The summed E-state index contributed by atoms with van der Waals surface area (Å²) in [4.78, 5) is 4.26. The minimum atomic E-state index is -0.426. The van der Waals surface area contributed by atoms with Gasteiger partial charge in [0.15, 0.2) is 11.4 Å². The number of aryl methyl sites for hydroxylation is 1. The number of rotatable bonds is 2. The standard InChI is InChI=1S/C8H13N3O2/c1-6-9-7(11-10-6)8(12-2)3-4-13-5-8/h3-5H2,1-2H3,(H,9,10,11). The van der Waals surface area contributed by atoms with E-state index >= 15 is 0 Å². The van der Waals surface area contributed by atoms with E-state index in [0.29, 0.717) is 19.0 Å². The van der Waals surface area contributed by atoms with Gasteiger partial charge in [0.25, 0.3) is 0 Å². The van der Waals surface area contributed by atoms with E-state index in [0.717, 1.165) is 12.2 Å². The van der Waals surface area contributed by atoms with Gasteiger partial charge in [-0.1, -0.05) is 0 Å². The maximum Gasteiger partial charge on any atom is 0.184 e. The fraction of sp³-hybridized carbons (Fsp3) is 0.750. The van der Waals surface area contributed by atoms with Crippen LogP contribution in [0.5, 0.6) is 0 Å². The van der Waals surface area contributed by atoms with Crippen LogP contribution >= 0.6 is 0 Å². The van der Waals surface area contributed by atoms with Crippen LogP contribution < -0.4 is 0 Å². The van der Waals surface area contributed by atoms with Crippen LogP contribution in [0.4, 0.5) is 0 Å². The van der Waals surface area contributed by atoms with Crippen LogP contribution in [0.1, 0.15) is 18.1 Å². The van der Waals surface area contributed by atoms with Crippen LogP contribution in [0.25, 0.3) is 0 Å². The molecule has 1 atom stereocenters. The Morgan fingerprint density at radius 3 is 2.92 bits per heavy atom. The first-order valence-electron chi connectivity index (χ1n) is 4.29. The van der Waals surface area contributed by atoms with E-state index in [9.17, 15) is 0 Å². The first-order chi connectivity index (χ1) is 6.27. The van der Waals surface area contributed by atoms with Crippen molar-refractivity contribution in [2.45, 2.75) is 18.9 Å². The van der Waals surface area contributed by atoms with Gasteiger partial charge in [-0.25, -0.2) is 4.98 Å². The zero-order chi connectivity index (χ0) is 9.31. The summed E-state index contributed by atoms with van der Waals surface area (Å²) in [5.74, 6) is 1.50. The highest BCUT2D eigenvalue weighted by Crippen LogP contribution is 2.31. The highest BCUT2D eigenvalue weighted by Gasteiger charge is 2.40. The molecule has 0 aromatic carbocycles. The van der Waals surface area contributed by atoms with Crippen molar-refractivity contribution in [2.75, 3.05) is 20.3 Å². The van der Waals surface area contributed by atoms with Crippen LogP contribution in [-0.4, -0.2) is 35.5 Å². The van der Waals surface area contributed by atoms with E-state index in [4.69, 9.17) is 9.47 Å². The van der Waals surface area contributed by atoms with E-state index in [1.54, 1.807) is 7.11 Å².